The second kappa shape index (κ2) is 4.90. The van der Waals surface area contributed by atoms with Crippen molar-refractivity contribution in [2.24, 2.45) is 0 Å². The Labute approximate surface area is 104 Å². The molecule has 0 spiro atoms. The maximum absolute atomic E-state index is 13.7. The van der Waals surface area contributed by atoms with Crippen LogP contribution in [0.25, 0.3) is 0 Å². The summed E-state index contributed by atoms with van der Waals surface area (Å²) in [6, 6.07) is 2.86. The Morgan fingerprint density at radius 3 is 2.82 bits per heavy atom. The van der Waals surface area contributed by atoms with Gasteiger partial charge in [0.05, 0.1) is 18.8 Å². The predicted octanol–water partition coefficient (Wildman–Crippen LogP) is 1.97. The van der Waals surface area contributed by atoms with Gasteiger partial charge in [0, 0.05) is 17.0 Å². The molecule has 0 unspecified atom stereocenters. The van der Waals surface area contributed by atoms with E-state index in [4.69, 9.17) is 21.4 Å². The molecule has 5 heteroatoms. The number of hydrogen-bond donors (Lipinski definition) is 2. The lowest BCUT2D eigenvalue weighted by Gasteiger charge is -2.14. The standard InChI is InChI=1S/C12H14ClFO3/c1-6-2-7(9(14)3-8(6)13)11-4-10(16)12(5-15)17-11/h2-3,10-12,15-16H,4-5H2,1H3/t10-,11-,12-/m1/s1. The van der Waals surface area contributed by atoms with Gasteiger partial charge in [-0.3, -0.25) is 0 Å². The molecule has 2 N–H and O–H groups in total. The zero-order valence-corrected chi connectivity index (χ0v) is 10.1. The Balaban J connectivity index is 2.27. The van der Waals surface area contributed by atoms with Crippen molar-refractivity contribution in [3.8, 4) is 0 Å². The van der Waals surface area contributed by atoms with E-state index in [0.717, 1.165) is 5.56 Å². The van der Waals surface area contributed by atoms with Gasteiger partial charge in [0.2, 0.25) is 0 Å². The molecule has 0 bridgehead atoms. The van der Waals surface area contributed by atoms with Crippen LogP contribution in [0.15, 0.2) is 12.1 Å². The highest BCUT2D eigenvalue weighted by Gasteiger charge is 2.35. The van der Waals surface area contributed by atoms with Gasteiger partial charge in [-0.25, -0.2) is 4.39 Å². The van der Waals surface area contributed by atoms with Crippen molar-refractivity contribution >= 4 is 11.6 Å². The lowest BCUT2D eigenvalue weighted by atomic mass is 10.0. The molecule has 0 amide bonds. The van der Waals surface area contributed by atoms with E-state index in [1.807, 2.05) is 0 Å². The molecule has 0 aromatic heterocycles. The SMILES string of the molecule is Cc1cc([C@H]2C[C@@H](O)[C@@H](CO)O2)c(F)cc1Cl. The summed E-state index contributed by atoms with van der Waals surface area (Å²) in [7, 11) is 0. The number of aliphatic hydroxyl groups is 2. The molecule has 1 fully saturated rings. The average Bonchev–Trinajstić information content (AvgIpc) is 2.65. The zero-order chi connectivity index (χ0) is 12.6. The highest BCUT2D eigenvalue weighted by atomic mass is 35.5. The fourth-order valence-corrected chi connectivity index (χ4v) is 2.17. The molecular formula is C12H14ClFO3. The maximum atomic E-state index is 13.7. The second-order valence-corrected chi connectivity index (χ2v) is 4.68. The van der Waals surface area contributed by atoms with Crippen LogP contribution in [-0.4, -0.2) is 29.0 Å². The minimum absolute atomic E-state index is 0.272. The third kappa shape index (κ3) is 2.45. The maximum Gasteiger partial charge on any atom is 0.130 e. The van der Waals surface area contributed by atoms with Gasteiger partial charge in [-0.1, -0.05) is 11.6 Å². The summed E-state index contributed by atoms with van der Waals surface area (Å²) in [5.74, 6) is -0.448. The van der Waals surface area contributed by atoms with Crippen LogP contribution in [-0.2, 0) is 4.74 Å². The molecule has 1 saturated heterocycles. The van der Waals surface area contributed by atoms with Crippen molar-refractivity contribution in [1.29, 1.82) is 0 Å². The van der Waals surface area contributed by atoms with Crippen molar-refractivity contribution in [3.05, 3.63) is 34.1 Å². The number of ether oxygens (including phenoxy) is 1. The Morgan fingerprint density at radius 2 is 2.24 bits per heavy atom. The first kappa shape index (κ1) is 12.8. The van der Waals surface area contributed by atoms with Gasteiger partial charge >= 0.3 is 0 Å². The first-order valence-electron chi connectivity index (χ1n) is 5.43. The number of aliphatic hydroxyl groups excluding tert-OH is 2. The van der Waals surface area contributed by atoms with Crippen LogP contribution in [0.3, 0.4) is 0 Å². The fraction of sp³-hybridized carbons (Fsp3) is 0.500. The molecule has 1 heterocycles. The number of benzene rings is 1. The summed E-state index contributed by atoms with van der Waals surface area (Å²) in [4.78, 5) is 0. The van der Waals surface area contributed by atoms with Crippen LogP contribution in [0.2, 0.25) is 5.02 Å². The van der Waals surface area contributed by atoms with Crippen LogP contribution in [0.1, 0.15) is 23.7 Å². The van der Waals surface area contributed by atoms with E-state index in [-0.39, 0.29) is 13.0 Å². The van der Waals surface area contributed by atoms with Crippen molar-refractivity contribution < 1.29 is 19.3 Å². The van der Waals surface area contributed by atoms with Crippen molar-refractivity contribution in [2.75, 3.05) is 6.61 Å². The largest absolute Gasteiger partial charge is 0.394 e. The molecule has 3 nitrogen and oxygen atoms in total. The lowest BCUT2D eigenvalue weighted by molar-refractivity contribution is -0.0233. The van der Waals surface area contributed by atoms with Gasteiger partial charge in [0.15, 0.2) is 0 Å². The molecular weight excluding hydrogens is 247 g/mol. The topological polar surface area (TPSA) is 49.7 Å². The van der Waals surface area contributed by atoms with E-state index in [2.05, 4.69) is 0 Å². The summed E-state index contributed by atoms with van der Waals surface area (Å²) >= 11 is 5.81. The summed E-state index contributed by atoms with van der Waals surface area (Å²) in [6.45, 7) is 1.51. The van der Waals surface area contributed by atoms with Crippen molar-refractivity contribution in [2.45, 2.75) is 31.7 Å². The fourth-order valence-electron chi connectivity index (χ4n) is 2.02. The Bertz CT molecular complexity index is 424. The molecule has 0 radical (unpaired) electrons. The van der Waals surface area contributed by atoms with E-state index in [0.29, 0.717) is 10.6 Å². The highest BCUT2D eigenvalue weighted by Crippen LogP contribution is 2.35. The Morgan fingerprint density at radius 1 is 1.53 bits per heavy atom. The summed E-state index contributed by atoms with van der Waals surface area (Å²) in [5, 5.41) is 18.9. The monoisotopic (exact) mass is 260 g/mol. The molecule has 94 valence electrons. The van der Waals surface area contributed by atoms with Gasteiger partial charge in [-0.15, -0.1) is 0 Å². The van der Waals surface area contributed by atoms with Crippen molar-refractivity contribution in [3.63, 3.8) is 0 Å². The summed E-state index contributed by atoms with van der Waals surface area (Å²) in [6.07, 6.45) is -1.66. The van der Waals surface area contributed by atoms with Gasteiger partial charge in [0.25, 0.3) is 0 Å². The van der Waals surface area contributed by atoms with Gasteiger partial charge in [0.1, 0.15) is 11.9 Å². The molecule has 1 aliphatic heterocycles. The molecule has 1 aliphatic rings. The van der Waals surface area contributed by atoms with E-state index >= 15 is 0 Å². The minimum atomic E-state index is -0.764. The van der Waals surface area contributed by atoms with Crippen LogP contribution in [0.5, 0.6) is 0 Å². The normalized spacial score (nSPS) is 28.6. The Kier molecular flexibility index (Phi) is 3.68. The smallest absolute Gasteiger partial charge is 0.130 e. The third-order valence-corrected chi connectivity index (χ3v) is 3.44. The van der Waals surface area contributed by atoms with Crippen LogP contribution in [0.4, 0.5) is 4.39 Å². The van der Waals surface area contributed by atoms with Gasteiger partial charge in [-0.05, 0) is 24.6 Å². The molecule has 1 aromatic rings. The number of rotatable bonds is 2. The van der Waals surface area contributed by atoms with E-state index in [9.17, 15) is 9.50 Å². The molecule has 3 atom stereocenters. The van der Waals surface area contributed by atoms with E-state index in [1.54, 1.807) is 13.0 Å². The number of halogens is 2. The summed E-state index contributed by atoms with van der Waals surface area (Å²) in [5.41, 5.74) is 1.13. The third-order valence-electron chi connectivity index (χ3n) is 3.03. The second-order valence-electron chi connectivity index (χ2n) is 4.27. The zero-order valence-electron chi connectivity index (χ0n) is 9.36. The molecule has 0 saturated carbocycles. The average molecular weight is 261 g/mol. The van der Waals surface area contributed by atoms with Gasteiger partial charge in [-0.2, -0.15) is 0 Å². The molecule has 1 aromatic carbocycles. The van der Waals surface area contributed by atoms with Gasteiger partial charge < -0.3 is 14.9 Å². The molecule has 17 heavy (non-hydrogen) atoms. The lowest BCUT2D eigenvalue weighted by Crippen LogP contribution is -2.24. The highest BCUT2D eigenvalue weighted by molar-refractivity contribution is 6.31. The van der Waals surface area contributed by atoms with Crippen LogP contribution >= 0.6 is 11.6 Å². The molecule has 2 rings (SSSR count). The first-order chi connectivity index (χ1) is 8.02. The quantitative estimate of drug-likeness (QED) is 0.855. The van der Waals surface area contributed by atoms with Crippen molar-refractivity contribution in [1.82, 2.24) is 0 Å². The number of aryl methyl sites for hydroxylation is 1. The first-order valence-corrected chi connectivity index (χ1v) is 5.80. The Hall–Kier alpha value is -0.680. The minimum Gasteiger partial charge on any atom is -0.394 e. The number of hydrogen-bond acceptors (Lipinski definition) is 3. The summed E-state index contributed by atoms with van der Waals surface area (Å²) < 4.78 is 19.1. The van der Waals surface area contributed by atoms with Crippen LogP contribution in [0, 0.1) is 12.7 Å². The predicted molar refractivity (Wildman–Crippen MR) is 61.5 cm³/mol. The molecule has 0 aliphatic carbocycles. The van der Waals surface area contributed by atoms with E-state index < -0.39 is 24.1 Å². The van der Waals surface area contributed by atoms with Crippen LogP contribution < -0.4 is 0 Å². The van der Waals surface area contributed by atoms with E-state index in [1.165, 1.54) is 6.07 Å².